The standard InChI is InChI=1S/C26H23N5O3/c1-14-12-18(16(3)29-20-10-7-11-28-21(20)25-30-31-26(27)34-25)24-19(13-14)22(32)15(2)23(33-24)17-8-5-4-6-9-17/h4-13,16,29H,1-3H3,(H2,27,31). The van der Waals surface area contributed by atoms with Crippen LogP contribution in [0.15, 0.2) is 74.4 Å². The zero-order valence-corrected chi connectivity index (χ0v) is 19.0. The molecule has 3 heterocycles. The Morgan fingerprint density at radius 1 is 1.00 bits per heavy atom. The summed E-state index contributed by atoms with van der Waals surface area (Å²) in [5.41, 5.74) is 10.5. The van der Waals surface area contributed by atoms with Gasteiger partial charge in [-0.25, -0.2) is 4.98 Å². The molecule has 8 heteroatoms. The first-order valence-corrected chi connectivity index (χ1v) is 10.9. The number of pyridine rings is 1. The highest BCUT2D eigenvalue weighted by molar-refractivity contribution is 5.85. The Kier molecular flexibility index (Phi) is 5.33. The molecule has 1 atom stereocenters. The van der Waals surface area contributed by atoms with Gasteiger partial charge in [0.25, 0.3) is 5.89 Å². The Labute approximate surface area is 195 Å². The van der Waals surface area contributed by atoms with Crippen molar-refractivity contribution < 1.29 is 8.83 Å². The van der Waals surface area contributed by atoms with Crippen molar-refractivity contribution in [3.8, 4) is 22.9 Å². The summed E-state index contributed by atoms with van der Waals surface area (Å²) in [6, 6.07) is 17.0. The van der Waals surface area contributed by atoms with Crippen molar-refractivity contribution >= 4 is 22.7 Å². The van der Waals surface area contributed by atoms with Gasteiger partial charge in [-0.15, -0.1) is 5.10 Å². The summed E-state index contributed by atoms with van der Waals surface area (Å²) in [4.78, 5) is 17.7. The molecule has 170 valence electrons. The molecule has 0 radical (unpaired) electrons. The largest absolute Gasteiger partial charge is 0.455 e. The summed E-state index contributed by atoms with van der Waals surface area (Å²) in [7, 11) is 0. The van der Waals surface area contributed by atoms with Crippen molar-refractivity contribution in [1.82, 2.24) is 15.2 Å². The van der Waals surface area contributed by atoms with Crippen LogP contribution in [-0.4, -0.2) is 15.2 Å². The third-order valence-electron chi connectivity index (χ3n) is 5.72. The first-order chi connectivity index (χ1) is 16.4. The maximum Gasteiger partial charge on any atom is 0.313 e. The minimum Gasteiger partial charge on any atom is -0.455 e. The first-order valence-electron chi connectivity index (χ1n) is 10.9. The maximum absolute atomic E-state index is 13.3. The molecule has 0 fully saturated rings. The van der Waals surface area contributed by atoms with Gasteiger partial charge < -0.3 is 19.9 Å². The second-order valence-corrected chi connectivity index (χ2v) is 8.19. The van der Waals surface area contributed by atoms with E-state index in [2.05, 4.69) is 20.5 Å². The summed E-state index contributed by atoms with van der Waals surface area (Å²) >= 11 is 0. The molecule has 0 aliphatic carbocycles. The SMILES string of the molecule is Cc1cc(C(C)Nc2cccnc2-c2nnc(N)o2)c2oc(-c3ccccc3)c(C)c(=O)c2c1. The highest BCUT2D eigenvalue weighted by Gasteiger charge is 2.21. The lowest BCUT2D eigenvalue weighted by Crippen LogP contribution is -2.13. The zero-order chi connectivity index (χ0) is 23.8. The van der Waals surface area contributed by atoms with Gasteiger partial charge in [0.1, 0.15) is 11.3 Å². The minimum absolute atomic E-state index is 0.0325. The van der Waals surface area contributed by atoms with E-state index in [4.69, 9.17) is 14.6 Å². The average Bonchev–Trinajstić information content (AvgIpc) is 3.28. The highest BCUT2D eigenvalue weighted by atomic mass is 16.4. The van der Waals surface area contributed by atoms with E-state index in [-0.39, 0.29) is 23.4 Å². The Morgan fingerprint density at radius 2 is 1.79 bits per heavy atom. The van der Waals surface area contributed by atoms with Gasteiger partial charge >= 0.3 is 6.01 Å². The predicted octanol–water partition coefficient (Wildman–Crippen LogP) is 5.28. The topological polar surface area (TPSA) is 120 Å². The smallest absolute Gasteiger partial charge is 0.313 e. The van der Waals surface area contributed by atoms with Gasteiger partial charge in [0.05, 0.1) is 17.1 Å². The summed E-state index contributed by atoms with van der Waals surface area (Å²) in [6.07, 6.45) is 1.64. The van der Waals surface area contributed by atoms with Crippen molar-refractivity contribution in [1.29, 1.82) is 0 Å². The molecule has 0 aliphatic heterocycles. The third kappa shape index (κ3) is 3.79. The Balaban J connectivity index is 1.63. The number of aromatic nitrogens is 3. The monoisotopic (exact) mass is 453 g/mol. The fourth-order valence-electron chi connectivity index (χ4n) is 4.09. The van der Waals surface area contributed by atoms with Gasteiger partial charge in [-0.2, -0.15) is 0 Å². The fourth-order valence-corrected chi connectivity index (χ4v) is 4.09. The molecule has 3 N–H and O–H groups in total. The average molecular weight is 454 g/mol. The van der Waals surface area contributed by atoms with E-state index in [0.717, 1.165) is 16.7 Å². The highest BCUT2D eigenvalue weighted by Crippen LogP contribution is 2.33. The van der Waals surface area contributed by atoms with Crippen LogP contribution in [0.1, 0.15) is 29.7 Å². The third-order valence-corrected chi connectivity index (χ3v) is 5.72. The Bertz CT molecular complexity index is 1560. The van der Waals surface area contributed by atoms with Crippen LogP contribution >= 0.6 is 0 Å². The molecule has 1 unspecified atom stereocenters. The molecule has 0 bridgehead atoms. The molecule has 0 spiro atoms. The summed E-state index contributed by atoms with van der Waals surface area (Å²) in [5.74, 6) is 0.786. The number of hydrogen-bond acceptors (Lipinski definition) is 8. The van der Waals surface area contributed by atoms with Crippen molar-refractivity contribution in [2.75, 3.05) is 11.1 Å². The van der Waals surface area contributed by atoms with Crippen LogP contribution in [0.4, 0.5) is 11.7 Å². The van der Waals surface area contributed by atoms with Gasteiger partial charge in [-0.05, 0) is 44.5 Å². The van der Waals surface area contributed by atoms with Crippen LogP contribution in [0.25, 0.3) is 33.9 Å². The lowest BCUT2D eigenvalue weighted by atomic mass is 9.98. The van der Waals surface area contributed by atoms with Gasteiger partial charge in [0.15, 0.2) is 11.1 Å². The van der Waals surface area contributed by atoms with Crippen LogP contribution < -0.4 is 16.5 Å². The van der Waals surface area contributed by atoms with Crippen LogP contribution in [0.5, 0.6) is 0 Å². The van der Waals surface area contributed by atoms with Crippen molar-refractivity contribution in [3.63, 3.8) is 0 Å². The quantitative estimate of drug-likeness (QED) is 0.369. The van der Waals surface area contributed by atoms with E-state index in [0.29, 0.717) is 33.7 Å². The predicted molar refractivity (Wildman–Crippen MR) is 131 cm³/mol. The summed E-state index contributed by atoms with van der Waals surface area (Å²) < 4.78 is 11.8. The van der Waals surface area contributed by atoms with Crippen molar-refractivity contribution in [2.24, 2.45) is 0 Å². The fraction of sp³-hybridized carbons (Fsp3) is 0.154. The molecular formula is C26H23N5O3. The molecule has 34 heavy (non-hydrogen) atoms. The van der Waals surface area contributed by atoms with Crippen LogP contribution in [0.3, 0.4) is 0 Å². The Morgan fingerprint density at radius 3 is 2.53 bits per heavy atom. The minimum atomic E-state index is -0.236. The lowest BCUT2D eigenvalue weighted by molar-refractivity contribution is 0.587. The number of nitrogens with two attached hydrogens (primary N) is 1. The van der Waals surface area contributed by atoms with E-state index in [1.54, 1.807) is 13.1 Å². The number of anilines is 2. The summed E-state index contributed by atoms with van der Waals surface area (Å²) in [5, 5.41) is 11.7. The van der Waals surface area contributed by atoms with Gasteiger partial charge in [0, 0.05) is 22.9 Å². The molecule has 0 amide bonds. The lowest BCUT2D eigenvalue weighted by Gasteiger charge is -2.19. The first kappa shape index (κ1) is 21.4. The van der Waals surface area contributed by atoms with Crippen LogP contribution in [0.2, 0.25) is 0 Å². The summed E-state index contributed by atoms with van der Waals surface area (Å²) in [6.45, 7) is 5.76. The van der Waals surface area contributed by atoms with Gasteiger partial charge in [0.2, 0.25) is 0 Å². The van der Waals surface area contributed by atoms with Crippen LogP contribution in [0, 0.1) is 13.8 Å². The number of benzene rings is 2. The number of fused-ring (bicyclic) bond motifs is 1. The molecule has 0 saturated carbocycles. The van der Waals surface area contributed by atoms with Crippen molar-refractivity contribution in [3.05, 3.63) is 87.7 Å². The van der Waals surface area contributed by atoms with Gasteiger partial charge in [-0.3, -0.25) is 4.79 Å². The molecule has 5 rings (SSSR count). The van der Waals surface area contributed by atoms with Crippen molar-refractivity contribution in [2.45, 2.75) is 26.8 Å². The van der Waals surface area contributed by atoms with Gasteiger partial charge in [-0.1, -0.05) is 41.5 Å². The molecule has 8 nitrogen and oxygen atoms in total. The van der Waals surface area contributed by atoms with E-state index in [9.17, 15) is 4.79 Å². The van der Waals surface area contributed by atoms with E-state index in [1.165, 1.54) is 0 Å². The molecule has 5 aromatic rings. The molecular weight excluding hydrogens is 430 g/mol. The second-order valence-electron chi connectivity index (χ2n) is 8.19. The second kappa shape index (κ2) is 8.47. The maximum atomic E-state index is 13.3. The number of nitrogens with one attached hydrogen (secondary N) is 1. The van der Waals surface area contributed by atoms with E-state index in [1.807, 2.05) is 68.4 Å². The molecule has 0 aliphatic rings. The number of nitrogens with zero attached hydrogens (tertiary/aromatic N) is 3. The van der Waals surface area contributed by atoms with E-state index >= 15 is 0 Å². The van der Waals surface area contributed by atoms with E-state index < -0.39 is 0 Å². The number of aryl methyl sites for hydroxylation is 1. The molecule has 3 aromatic heterocycles. The molecule has 2 aromatic carbocycles. The number of hydrogen-bond donors (Lipinski definition) is 2. The zero-order valence-electron chi connectivity index (χ0n) is 19.0. The number of rotatable bonds is 5. The normalized spacial score (nSPS) is 12.1. The number of nitrogen functional groups attached to an aromatic ring is 1. The van der Waals surface area contributed by atoms with Crippen LogP contribution in [-0.2, 0) is 0 Å². The molecule has 0 saturated heterocycles. The Hall–Kier alpha value is -4.46.